The van der Waals surface area contributed by atoms with Crippen LogP contribution in [-0.2, 0) is 19.6 Å². The lowest BCUT2D eigenvalue weighted by Gasteiger charge is -2.33. The van der Waals surface area contributed by atoms with Crippen molar-refractivity contribution in [1.82, 2.24) is 9.29 Å². The summed E-state index contributed by atoms with van der Waals surface area (Å²) >= 11 is 1.52. The predicted molar refractivity (Wildman–Crippen MR) is 140 cm³/mol. The number of hydrogen-bond donors (Lipinski definition) is 0. The molecule has 0 bridgehead atoms. The van der Waals surface area contributed by atoms with E-state index in [4.69, 9.17) is 14.5 Å². The summed E-state index contributed by atoms with van der Waals surface area (Å²) in [7, 11) is -2.08. The minimum Gasteiger partial charge on any atom is -0.497 e. The lowest BCUT2D eigenvalue weighted by molar-refractivity contribution is -0.123. The molecule has 0 aliphatic carbocycles. The van der Waals surface area contributed by atoms with Crippen LogP contribution < -0.4 is 9.64 Å². The Morgan fingerprint density at radius 2 is 1.92 bits per heavy atom. The number of benzene rings is 2. The van der Waals surface area contributed by atoms with E-state index in [1.165, 1.54) is 15.6 Å². The van der Waals surface area contributed by atoms with Crippen molar-refractivity contribution in [2.45, 2.75) is 43.6 Å². The Hall–Kier alpha value is -2.53. The molecule has 0 radical (unpaired) electrons. The monoisotopic (exact) mass is 529 g/mol. The maximum Gasteiger partial charge on any atom is 0.243 e. The molecule has 1 aromatic heterocycles. The molecule has 1 amide bonds. The average molecular weight is 530 g/mol. The van der Waals surface area contributed by atoms with Crippen molar-refractivity contribution >= 4 is 42.6 Å². The summed E-state index contributed by atoms with van der Waals surface area (Å²) in [5.41, 5.74) is 2.00. The van der Waals surface area contributed by atoms with Crippen molar-refractivity contribution < 1.29 is 22.7 Å². The van der Waals surface area contributed by atoms with Gasteiger partial charge in [-0.05, 0) is 68.5 Å². The van der Waals surface area contributed by atoms with Gasteiger partial charge >= 0.3 is 0 Å². The van der Waals surface area contributed by atoms with Gasteiger partial charge in [0.25, 0.3) is 0 Å². The van der Waals surface area contributed by atoms with E-state index in [-0.39, 0.29) is 22.8 Å². The summed E-state index contributed by atoms with van der Waals surface area (Å²) in [6, 6.07) is 12.5. The predicted octanol–water partition coefficient (Wildman–Crippen LogP) is 4.23. The first-order chi connectivity index (χ1) is 17.4. The zero-order valence-corrected chi connectivity index (χ0v) is 22.2. The van der Waals surface area contributed by atoms with E-state index in [1.54, 1.807) is 36.3 Å². The number of rotatable bonds is 7. The van der Waals surface area contributed by atoms with Gasteiger partial charge in [-0.1, -0.05) is 23.5 Å². The summed E-state index contributed by atoms with van der Waals surface area (Å²) in [6.07, 6.45) is 2.86. The van der Waals surface area contributed by atoms with Gasteiger partial charge in [-0.3, -0.25) is 9.69 Å². The largest absolute Gasteiger partial charge is 0.497 e. The highest BCUT2D eigenvalue weighted by molar-refractivity contribution is 7.89. The minimum absolute atomic E-state index is 0.00222. The molecule has 2 aliphatic rings. The van der Waals surface area contributed by atoms with E-state index < -0.39 is 10.0 Å². The topological polar surface area (TPSA) is 89.0 Å². The van der Waals surface area contributed by atoms with Gasteiger partial charge in [0.2, 0.25) is 15.9 Å². The maximum atomic E-state index is 13.8. The molecular formula is C26H31N3O5S2. The number of amides is 1. The summed E-state index contributed by atoms with van der Waals surface area (Å²) in [5, 5.41) is 0.688. The van der Waals surface area contributed by atoms with Crippen LogP contribution in [-0.4, -0.2) is 63.1 Å². The van der Waals surface area contributed by atoms with Crippen molar-refractivity contribution in [3.05, 3.63) is 48.0 Å². The molecule has 36 heavy (non-hydrogen) atoms. The second-order valence-electron chi connectivity index (χ2n) is 9.36. The van der Waals surface area contributed by atoms with Gasteiger partial charge in [0.1, 0.15) is 5.75 Å². The summed E-state index contributed by atoms with van der Waals surface area (Å²) < 4.78 is 39.8. The molecule has 0 N–H and O–H groups in total. The van der Waals surface area contributed by atoms with Crippen LogP contribution in [0.25, 0.3) is 10.2 Å². The minimum atomic E-state index is -3.63. The molecule has 3 heterocycles. The number of thiazole rings is 1. The van der Waals surface area contributed by atoms with Gasteiger partial charge in [-0.15, -0.1) is 0 Å². The number of aryl methyl sites for hydroxylation is 1. The number of fused-ring (bicyclic) bond motifs is 1. The van der Waals surface area contributed by atoms with Crippen LogP contribution in [0.5, 0.6) is 5.75 Å². The average Bonchev–Trinajstić information content (AvgIpc) is 3.57. The Morgan fingerprint density at radius 1 is 1.17 bits per heavy atom. The van der Waals surface area contributed by atoms with Crippen LogP contribution in [0.2, 0.25) is 0 Å². The van der Waals surface area contributed by atoms with Crippen molar-refractivity contribution in [1.29, 1.82) is 0 Å². The number of aromatic nitrogens is 1. The number of carbonyl (C=O) groups is 1. The van der Waals surface area contributed by atoms with E-state index in [0.29, 0.717) is 50.0 Å². The molecule has 2 aromatic carbocycles. The summed E-state index contributed by atoms with van der Waals surface area (Å²) in [5.74, 6) is 0.347. The van der Waals surface area contributed by atoms with Crippen LogP contribution in [0.15, 0.2) is 47.4 Å². The van der Waals surface area contributed by atoms with Crippen LogP contribution in [0.3, 0.4) is 0 Å². The number of carbonyl (C=O) groups excluding carboxylic acids is 1. The van der Waals surface area contributed by atoms with Crippen molar-refractivity contribution in [2.75, 3.05) is 38.3 Å². The number of nitrogens with zero attached hydrogens (tertiary/aromatic N) is 3. The van der Waals surface area contributed by atoms with Crippen LogP contribution in [0, 0.1) is 12.8 Å². The highest BCUT2D eigenvalue weighted by Gasteiger charge is 2.36. The highest BCUT2D eigenvalue weighted by Crippen LogP contribution is 2.34. The Labute approximate surface area is 215 Å². The molecule has 2 aliphatic heterocycles. The SMILES string of the molecule is COc1ccc(S(=O)(=O)N2CCC(C(=O)N(CC3CCCO3)c3nc4c(C)cccc4s3)CC2)cc1. The maximum absolute atomic E-state index is 13.8. The molecule has 5 rings (SSSR count). The second-order valence-corrected chi connectivity index (χ2v) is 12.3. The zero-order chi connectivity index (χ0) is 25.3. The number of anilines is 1. The quantitative estimate of drug-likeness (QED) is 0.455. The zero-order valence-electron chi connectivity index (χ0n) is 20.6. The lowest BCUT2D eigenvalue weighted by Crippen LogP contribution is -2.46. The van der Waals surface area contributed by atoms with Gasteiger partial charge in [0, 0.05) is 25.6 Å². The second kappa shape index (κ2) is 10.5. The normalized spacial score (nSPS) is 19.6. The molecule has 0 spiro atoms. The van der Waals surface area contributed by atoms with Gasteiger partial charge in [-0.25, -0.2) is 13.4 Å². The summed E-state index contributed by atoms with van der Waals surface area (Å²) in [6.45, 7) is 3.82. The smallest absolute Gasteiger partial charge is 0.243 e. The fourth-order valence-corrected chi connectivity index (χ4v) is 7.43. The van der Waals surface area contributed by atoms with Gasteiger partial charge in [0.05, 0.1) is 34.9 Å². The highest BCUT2D eigenvalue weighted by atomic mass is 32.2. The summed E-state index contributed by atoms with van der Waals surface area (Å²) in [4.78, 5) is 20.7. The molecule has 2 saturated heterocycles. The third kappa shape index (κ3) is 5.00. The third-order valence-corrected chi connectivity index (χ3v) is 9.97. The first kappa shape index (κ1) is 25.1. The van der Waals surface area contributed by atoms with Gasteiger partial charge in [0.15, 0.2) is 5.13 Å². The van der Waals surface area contributed by atoms with E-state index >= 15 is 0 Å². The molecule has 192 valence electrons. The Morgan fingerprint density at radius 3 is 2.56 bits per heavy atom. The van der Waals surface area contributed by atoms with Gasteiger partial charge < -0.3 is 9.47 Å². The van der Waals surface area contributed by atoms with E-state index in [0.717, 1.165) is 28.6 Å². The number of methoxy groups -OCH3 is 1. The molecule has 1 atom stereocenters. The Balaban J connectivity index is 1.33. The first-order valence-corrected chi connectivity index (χ1v) is 14.6. The fourth-order valence-electron chi connectivity index (χ4n) is 4.90. The molecule has 3 aromatic rings. The van der Waals surface area contributed by atoms with E-state index in [9.17, 15) is 13.2 Å². The van der Waals surface area contributed by atoms with E-state index in [1.807, 2.05) is 25.1 Å². The third-order valence-electron chi connectivity index (χ3n) is 7.02. The number of hydrogen-bond acceptors (Lipinski definition) is 7. The molecule has 0 saturated carbocycles. The van der Waals surface area contributed by atoms with Crippen LogP contribution >= 0.6 is 11.3 Å². The number of piperidine rings is 1. The van der Waals surface area contributed by atoms with Crippen molar-refractivity contribution in [3.8, 4) is 5.75 Å². The lowest BCUT2D eigenvalue weighted by atomic mass is 9.96. The van der Waals surface area contributed by atoms with Crippen molar-refractivity contribution in [3.63, 3.8) is 0 Å². The van der Waals surface area contributed by atoms with Crippen LogP contribution in [0.1, 0.15) is 31.2 Å². The molecule has 10 heteroatoms. The Bertz CT molecular complexity index is 1330. The molecular weight excluding hydrogens is 498 g/mol. The Kier molecular flexibility index (Phi) is 7.30. The first-order valence-electron chi connectivity index (χ1n) is 12.3. The number of para-hydroxylation sites is 1. The molecule has 8 nitrogen and oxygen atoms in total. The number of sulfonamides is 1. The standard InChI is InChI=1S/C26H31N3O5S2/c1-18-5-3-7-23-24(18)27-26(35-23)29(17-21-6-4-16-34-21)25(30)19-12-14-28(15-13-19)36(31,32)22-10-8-20(33-2)9-11-22/h3,5,7-11,19,21H,4,6,12-17H2,1-2H3. The van der Waals surface area contributed by atoms with Crippen LogP contribution in [0.4, 0.5) is 5.13 Å². The molecule has 2 fully saturated rings. The number of ether oxygens (including phenoxy) is 2. The van der Waals surface area contributed by atoms with Gasteiger partial charge in [-0.2, -0.15) is 4.31 Å². The van der Waals surface area contributed by atoms with Crippen molar-refractivity contribution in [2.24, 2.45) is 5.92 Å². The molecule has 1 unspecified atom stereocenters. The van der Waals surface area contributed by atoms with E-state index in [2.05, 4.69) is 0 Å². The fraction of sp³-hybridized carbons (Fsp3) is 0.462.